The molecule has 0 bridgehead atoms. The molecule has 0 heterocycles. The van der Waals surface area contributed by atoms with Crippen LogP contribution in [0.15, 0.2) is 36.4 Å². The van der Waals surface area contributed by atoms with Gasteiger partial charge in [-0.15, -0.1) is 0 Å². The van der Waals surface area contributed by atoms with Crippen molar-refractivity contribution in [3.63, 3.8) is 0 Å². The van der Waals surface area contributed by atoms with Crippen molar-refractivity contribution in [3.8, 4) is 11.5 Å². The largest absolute Gasteiger partial charge is 0.496 e. The fraction of sp³-hybridized carbons (Fsp3) is 0.188. The van der Waals surface area contributed by atoms with Gasteiger partial charge in [0, 0.05) is 5.02 Å². The first-order valence-corrected chi connectivity index (χ1v) is 6.64. The van der Waals surface area contributed by atoms with E-state index in [1.54, 1.807) is 18.2 Å². The van der Waals surface area contributed by atoms with Crippen molar-refractivity contribution in [1.82, 2.24) is 0 Å². The number of ketones is 1. The van der Waals surface area contributed by atoms with Crippen molar-refractivity contribution >= 4 is 17.4 Å². The van der Waals surface area contributed by atoms with Gasteiger partial charge < -0.3 is 9.47 Å². The van der Waals surface area contributed by atoms with Gasteiger partial charge in [-0.05, 0) is 48.9 Å². The average Bonchev–Trinajstić information content (AvgIpc) is 2.46. The van der Waals surface area contributed by atoms with Gasteiger partial charge in [0.25, 0.3) is 0 Å². The van der Waals surface area contributed by atoms with Crippen molar-refractivity contribution in [2.24, 2.45) is 0 Å². The van der Waals surface area contributed by atoms with Crippen molar-refractivity contribution in [2.75, 3.05) is 13.7 Å². The summed E-state index contributed by atoms with van der Waals surface area (Å²) in [7, 11) is 1.42. The maximum atomic E-state index is 13.3. The summed E-state index contributed by atoms with van der Waals surface area (Å²) in [4.78, 5) is 12.1. The number of benzene rings is 2. The lowest BCUT2D eigenvalue weighted by molar-refractivity contribution is 0.0917. The number of ether oxygens (including phenoxy) is 2. The van der Waals surface area contributed by atoms with Crippen LogP contribution < -0.4 is 9.47 Å². The van der Waals surface area contributed by atoms with Crippen LogP contribution in [0.2, 0.25) is 5.02 Å². The van der Waals surface area contributed by atoms with Gasteiger partial charge in [-0.25, -0.2) is 4.39 Å². The van der Waals surface area contributed by atoms with E-state index in [0.29, 0.717) is 16.5 Å². The average molecular weight is 309 g/mol. The number of hydrogen-bond acceptors (Lipinski definition) is 3. The maximum absolute atomic E-state index is 13.3. The van der Waals surface area contributed by atoms with E-state index in [4.69, 9.17) is 21.1 Å². The number of halogens is 2. The summed E-state index contributed by atoms with van der Waals surface area (Å²) in [5, 5.41) is 0.595. The lowest BCUT2D eigenvalue weighted by Gasteiger charge is -2.11. The van der Waals surface area contributed by atoms with E-state index in [-0.39, 0.29) is 18.0 Å². The molecule has 3 nitrogen and oxygen atoms in total. The highest BCUT2D eigenvalue weighted by atomic mass is 35.5. The Morgan fingerprint density at radius 1 is 1.19 bits per heavy atom. The normalized spacial score (nSPS) is 10.3. The molecule has 110 valence electrons. The number of Topliss-reactive ketones (excluding diaryl/α,β-unsaturated/α-hetero) is 1. The Morgan fingerprint density at radius 3 is 2.57 bits per heavy atom. The van der Waals surface area contributed by atoms with Crippen LogP contribution in [0, 0.1) is 12.7 Å². The molecule has 2 aromatic carbocycles. The zero-order valence-electron chi connectivity index (χ0n) is 11.7. The van der Waals surface area contributed by atoms with Crippen LogP contribution in [0.1, 0.15) is 15.9 Å². The molecule has 0 N–H and O–H groups in total. The SMILES string of the molecule is COc1ccc(F)cc1C(=O)COc1ccc(Cl)cc1C. The van der Waals surface area contributed by atoms with Gasteiger partial charge in [0.1, 0.15) is 17.3 Å². The number of methoxy groups -OCH3 is 1. The molecule has 0 saturated heterocycles. The Kier molecular flexibility index (Phi) is 4.81. The standard InChI is InChI=1S/C16H14ClFO3/c1-10-7-11(17)3-5-15(10)21-9-14(19)13-8-12(18)4-6-16(13)20-2/h3-8H,9H2,1-2H3. The highest BCUT2D eigenvalue weighted by Crippen LogP contribution is 2.23. The monoisotopic (exact) mass is 308 g/mol. The van der Waals surface area contributed by atoms with Crippen molar-refractivity contribution in [2.45, 2.75) is 6.92 Å². The second kappa shape index (κ2) is 6.59. The molecule has 0 aliphatic carbocycles. The van der Waals surface area contributed by atoms with Crippen LogP contribution in [0.3, 0.4) is 0 Å². The van der Waals surface area contributed by atoms with E-state index in [0.717, 1.165) is 11.6 Å². The number of aryl methyl sites for hydroxylation is 1. The Hall–Kier alpha value is -2.07. The van der Waals surface area contributed by atoms with Crippen molar-refractivity contribution < 1.29 is 18.7 Å². The summed E-state index contributed by atoms with van der Waals surface area (Å²) in [6.45, 7) is 1.62. The topological polar surface area (TPSA) is 35.5 Å². The van der Waals surface area contributed by atoms with Crippen molar-refractivity contribution in [1.29, 1.82) is 0 Å². The van der Waals surface area contributed by atoms with Gasteiger partial charge in [-0.1, -0.05) is 11.6 Å². The van der Waals surface area contributed by atoms with Crippen LogP contribution in [0.5, 0.6) is 11.5 Å². The van der Waals surface area contributed by atoms with Gasteiger partial charge in [0.05, 0.1) is 12.7 Å². The lowest BCUT2D eigenvalue weighted by atomic mass is 10.1. The second-order valence-corrected chi connectivity index (χ2v) is 4.90. The Bertz CT molecular complexity index is 671. The second-order valence-electron chi connectivity index (χ2n) is 4.47. The number of carbonyl (C=O) groups excluding carboxylic acids is 1. The molecule has 21 heavy (non-hydrogen) atoms. The molecule has 0 radical (unpaired) electrons. The minimum absolute atomic E-state index is 0.157. The molecule has 0 amide bonds. The summed E-state index contributed by atoms with van der Waals surface area (Å²) in [5.41, 5.74) is 0.977. The molecule has 0 aromatic heterocycles. The number of rotatable bonds is 5. The summed E-state index contributed by atoms with van der Waals surface area (Å²) < 4.78 is 23.8. The zero-order chi connectivity index (χ0) is 15.4. The molecule has 5 heteroatoms. The third-order valence-electron chi connectivity index (χ3n) is 2.96. The van der Waals surface area contributed by atoms with E-state index in [9.17, 15) is 9.18 Å². The van der Waals surface area contributed by atoms with Gasteiger partial charge in [0.15, 0.2) is 6.61 Å². The molecule has 0 spiro atoms. The lowest BCUT2D eigenvalue weighted by Crippen LogP contribution is -2.13. The molecule has 2 rings (SSSR count). The third-order valence-corrected chi connectivity index (χ3v) is 3.19. The molecule has 0 aliphatic rings. The molecular weight excluding hydrogens is 295 g/mol. The third kappa shape index (κ3) is 3.73. The van der Waals surface area contributed by atoms with Crippen LogP contribution in [0.25, 0.3) is 0 Å². The molecule has 0 saturated carbocycles. The van der Waals surface area contributed by atoms with Crippen LogP contribution >= 0.6 is 11.6 Å². The van der Waals surface area contributed by atoms with E-state index < -0.39 is 5.82 Å². The molecule has 2 aromatic rings. The zero-order valence-corrected chi connectivity index (χ0v) is 12.4. The van der Waals surface area contributed by atoms with E-state index in [1.165, 1.54) is 19.2 Å². The fourth-order valence-corrected chi connectivity index (χ4v) is 2.12. The van der Waals surface area contributed by atoms with Gasteiger partial charge in [-0.2, -0.15) is 0 Å². The molecule has 0 aliphatic heterocycles. The predicted molar refractivity (Wildman–Crippen MR) is 79.0 cm³/mol. The van der Waals surface area contributed by atoms with Crippen LogP contribution in [0.4, 0.5) is 4.39 Å². The van der Waals surface area contributed by atoms with Gasteiger partial charge in [-0.3, -0.25) is 4.79 Å². The summed E-state index contributed by atoms with van der Waals surface area (Å²) >= 11 is 5.85. The Balaban J connectivity index is 2.13. The highest BCUT2D eigenvalue weighted by molar-refractivity contribution is 6.30. The van der Waals surface area contributed by atoms with E-state index in [1.807, 2.05) is 6.92 Å². The smallest absolute Gasteiger partial charge is 0.204 e. The first-order valence-electron chi connectivity index (χ1n) is 6.27. The Morgan fingerprint density at radius 2 is 1.90 bits per heavy atom. The summed E-state index contributed by atoms with van der Waals surface area (Å²) in [6, 6.07) is 8.89. The van der Waals surface area contributed by atoms with Crippen LogP contribution in [-0.2, 0) is 0 Å². The van der Waals surface area contributed by atoms with E-state index in [2.05, 4.69) is 0 Å². The predicted octanol–water partition coefficient (Wildman–Crippen LogP) is 4.06. The minimum Gasteiger partial charge on any atom is -0.496 e. The number of carbonyl (C=O) groups is 1. The number of hydrogen-bond donors (Lipinski definition) is 0. The first-order chi connectivity index (χ1) is 10.0. The van der Waals surface area contributed by atoms with E-state index >= 15 is 0 Å². The van der Waals surface area contributed by atoms with Gasteiger partial charge in [0.2, 0.25) is 5.78 Å². The minimum atomic E-state index is -0.498. The quantitative estimate of drug-likeness (QED) is 0.781. The van der Waals surface area contributed by atoms with Crippen molar-refractivity contribution in [3.05, 3.63) is 58.4 Å². The van der Waals surface area contributed by atoms with Gasteiger partial charge >= 0.3 is 0 Å². The highest BCUT2D eigenvalue weighted by Gasteiger charge is 2.14. The molecule has 0 unspecified atom stereocenters. The molecule has 0 atom stereocenters. The van der Waals surface area contributed by atoms with Crippen LogP contribution in [-0.4, -0.2) is 19.5 Å². The Labute approximate surface area is 127 Å². The fourth-order valence-electron chi connectivity index (χ4n) is 1.89. The summed E-state index contributed by atoms with van der Waals surface area (Å²) in [6.07, 6.45) is 0. The first kappa shape index (κ1) is 15.3. The molecular formula is C16H14ClFO3. The summed E-state index contributed by atoms with van der Waals surface area (Å²) in [5.74, 6) is 0.0171. The molecule has 0 fully saturated rings. The maximum Gasteiger partial charge on any atom is 0.204 e.